The van der Waals surface area contributed by atoms with Crippen LogP contribution in [-0.4, -0.2) is 34.9 Å². The average molecular weight is 889 g/mol. The molecule has 0 aromatic heterocycles. The first-order chi connectivity index (χ1) is 31.2. The summed E-state index contributed by atoms with van der Waals surface area (Å²) >= 11 is 0. The average Bonchev–Trinajstić information content (AvgIpc) is 3.29. The number of allylic oxidation sites excluding steroid dienone is 1. The minimum atomic E-state index is -0.833. The largest absolute Gasteiger partial charge is 0.394 e. The molecule has 0 saturated heterocycles. The SMILES string of the molecule is CCCCCCCCCC/C=C/C(O)C(CO)NC(=O)CCCCCCCCCCCCCCCCCCCCCCCCCCCCCCCCCCCCCCCCCCC. The first-order valence-electron chi connectivity index (χ1n) is 29.4. The molecule has 63 heavy (non-hydrogen) atoms. The Morgan fingerprint density at radius 1 is 0.365 bits per heavy atom. The van der Waals surface area contributed by atoms with Gasteiger partial charge in [0.1, 0.15) is 0 Å². The Morgan fingerprint density at radius 3 is 0.825 bits per heavy atom. The summed E-state index contributed by atoms with van der Waals surface area (Å²) in [6.07, 6.45) is 72.8. The molecule has 0 radical (unpaired) electrons. The van der Waals surface area contributed by atoms with Crippen molar-refractivity contribution in [2.75, 3.05) is 6.61 Å². The van der Waals surface area contributed by atoms with Crippen LogP contribution in [0.3, 0.4) is 0 Å². The van der Waals surface area contributed by atoms with Gasteiger partial charge < -0.3 is 15.5 Å². The lowest BCUT2D eigenvalue weighted by atomic mass is 10.0. The van der Waals surface area contributed by atoms with Crippen LogP contribution in [0.2, 0.25) is 0 Å². The Hall–Kier alpha value is -0.870. The minimum Gasteiger partial charge on any atom is -0.394 e. The molecule has 376 valence electrons. The van der Waals surface area contributed by atoms with Gasteiger partial charge in [-0.2, -0.15) is 0 Å². The van der Waals surface area contributed by atoms with Gasteiger partial charge in [-0.3, -0.25) is 4.79 Å². The van der Waals surface area contributed by atoms with Gasteiger partial charge in [0.25, 0.3) is 0 Å². The van der Waals surface area contributed by atoms with E-state index in [2.05, 4.69) is 19.2 Å². The molecule has 0 bridgehead atoms. The highest BCUT2D eigenvalue weighted by atomic mass is 16.3. The van der Waals surface area contributed by atoms with Crippen molar-refractivity contribution in [3.8, 4) is 0 Å². The summed E-state index contributed by atoms with van der Waals surface area (Å²) in [5.74, 6) is -0.0589. The van der Waals surface area contributed by atoms with Gasteiger partial charge in [0.15, 0.2) is 0 Å². The molecule has 0 heterocycles. The molecule has 0 aromatic rings. The predicted octanol–water partition coefficient (Wildman–Crippen LogP) is 19.3. The van der Waals surface area contributed by atoms with Gasteiger partial charge in [-0.05, 0) is 19.3 Å². The predicted molar refractivity (Wildman–Crippen MR) is 281 cm³/mol. The lowest BCUT2D eigenvalue weighted by Gasteiger charge is -2.20. The fourth-order valence-electron chi connectivity index (χ4n) is 9.54. The van der Waals surface area contributed by atoms with Crippen LogP contribution < -0.4 is 5.32 Å². The van der Waals surface area contributed by atoms with Crippen molar-refractivity contribution in [2.24, 2.45) is 0 Å². The van der Waals surface area contributed by atoms with Crippen LogP contribution in [0.15, 0.2) is 12.2 Å². The van der Waals surface area contributed by atoms with Crippen LogP contribution in [0, 0.1) is 0 Å². The summed E-state index contributed by atoms with van der Waals surface area (Å²) in [5, 5.41) is 23.0. The van der Waals surface area contributed by atoms with E-state index in [9.17, 15) is 15.0 Å². The Kier molecular flexibility index (Phi) is 54.7. The summed E-state index contributed by atoms with van der Waals surface area (Å²) in [6, 6.07) is -0.616. The summed E-state index contributed by atoms with van der Waals surface area (Å²) in [7, 11) is 0. The van der Waals surface area contributed by atoms with Crippen molar-refractivity contribution >= 4 is 5.91 Å². The first-order valence-corrected chi connectivity index (χ1v) is 29.4. The molecule has 0 spiro atoms. The summed E-state index contributed by atoms with van der Waals surface area (Å²) in [5.41, 5.74) is 0. The summed E-state index contributed by atoms with van der Waals surface area (Å²) in [4.78, 5) is 12.4. The van der Waals surface area contributed by atoms with E-state index in [4.69, 9.17) is 0 Å². The van der Waals surface area contributed by atoms with Crippen molar-refractivity contribution in [3.05, 3.63) is 12.2 Å². The van der Waals surface area contributed by atoms with E-state index in [0.29, 0.717) is 6.42 Å². The monoisotopic (exact) mass is 888 g/mol. The second-order valence-electron chi connectivity index (χ2n) is 20.4. The fraction of sp³-hybridized carbons (Fsp3) is 0.949. The Morgan fingerprint density at radius 2 is 0.587 bits per heavy atom. The quantitative estimate of drug-likeness (QED) is 0.0421. The lowest BCUT2D eigenvalue weighted by Crippen LogP contribution is -2.45. The molecule has 0 aliphatic rings. The molecular formula is C59H117NO3. The van der Waals surface area contributed by atoms with Crippen LogP contribution in [-0.2, 0) is 4.79 Å². The molecule has 0 aliphatic carbocycles. The lowest BCUT2D eigenvalue weighted by molar-refractivity contribution is -0.123. The number of hydrogen-bond acceptors (Lipinski definition) is 3. The standard InChI is InChI=1S/C59H117NO3/c1-3-5-7-9-11-13-15-16-17-18-19-20-21-22-23-24-25-26-27-28-29-30-31-32-33-34-35-36-37-38-39-40-41-42-43-44-45-47-49-51-53-55-59(63)60-57(56-61)58(62)54-52-50-48-46-14-12-10-8-6-4-2/h52,54,57-58,61-62H,3-51,53,55-56H2,1-2H3,(H,60,63)/b54-52+. The van der Waals surface area contributed by atoms with Gasteiger partial charge in [-0.15, -0.1) is 0 Å². The molecule has 0 saturated carbocycles. The van der Waals surface area contributed by atoms with E-state index in [0.717, 1.165) is 25.7 Å². The highest BCUT2D eigenvalue weighted by molar-refractivity contribution is 5.76. The number of nitrogens with one attached hydrogen (secondary N) is 1. The number of aliphatic hydroxyl groups excluding tert-OH is 2. The second kappa shape index (κ2) is 55.5. The van der Waals surface area contributed by atoms with E-state index >= 15 is 0 Å². The molecular weight excluding hydrogens is 771 g/mol. The van der Waals surface area contributed by atoms with Crippen LogP contribution >= 0.6 is 0 Å². The third-order valence-corrected chi connectivity index (χ3v) is 14.0. The van der Waals surface area contributed by atoms with Crippen LogP contribution in [0.4, 0.5) is 0 Å². The number of hydrogen-bond donors (Lipinski definition) is 3. The van der Waals surface area contributed by atoms with Crippen molar-refractivity contribution in [3.63, 3.8) is 0 Å². The van der Waals surface area contributed by atoms with E-state index < -0.39 is 12.1 Å². The van der Waals surface area contributed by atoms with Gasteiger partial charge in [0.2, 0.25) is 5.91 Å². The molecule has 0 aromatic carbocycles. The number of carbonyl (C=O) groups excluding carboxylic acids is 1. The molecule has 1 amide bonds. The number of carbonyl (C=O) groups is 1. The van der Waals surface area contributed by atoms with E-state index in [1.54, 1.807) is 6.08 Å². The molecule has 2 atom stereocenters. The zero-order valence-corrected chi connectivity index (χ0v) is 43.4. The highest BCUT2D eigenvalue weighted by Gasteiger charge is 2.18. The van der Waals surface area contributed by atoms with Crippen molar-refractivity contribution < 1.29 is 15.0 Å². The van der Waals surface area contributed by atoms with Gasteiger partial charge >= 0.3 is 0 Å². The zero-order valence-electron chi connectivity index (χ0n) is 43.4. The normalized spacial score (nSPS) is 12.8. The highest BCUT2D eigenvalue weighted by Crippen LogP contribution is 2.18. The molecule has 0 fully saturated rings. The third-order valence-electron chi connectivity index (χ3n) is 14.0. The first kappa shape index (κ1) is 62.1. The Bertz CT molecular complexity index is 875. The minimum absolute atomic E-state index is 0.0589. The molecule has 0 aliphatic heterocycles. The van der Waals surface area contributed by atoms with Crippen molar-refractivity contribution in [1.29, 1.82) is 0 Å². The summed E-state index contributed by atoms with van der Waals surface area (Å²) in [6.45, 7) is 4.32. The zero-order chi connectivity index (χ0) is 45.6. The van der Waals surface area contributed by atoms with E-state index in [1.165, 1.54) is 295 Å². The number of amides is 1. The summed E-state index contributed by atoms with van der Waals surface area (Å²) < 4.78 is 0. The van der Waals surface area contributed by atoms with Crippen LogP contribution in [0.25, 0.3) is 0 Å². The number of aliphatic hydroxyl groups is 2. The molecule has 0 rings (SSSR count). The maximum Gasteiger partial charge on any atom is 0.220 e. The molecule has 3 N–H and O–H groups in total. The van der Waals surface area contributed by atoms with Crippen LogP contribution in [0.5, 0.6) is 0 Å². The molecule has 4 heteroatoms. The number of rotatable bonds is 55. The Labute approximate surface area is 397 Å². The van der Waals surface area contributed by atoms with Crippen LogP contribution in [0.1, 0.15) is 341 Å². The second-order valence-corrected chi connectivity index (χ2v) is 20.4. The fourth-order valence-corrected chi connectivity index (χ4v) is 9.54. The van der Waals surface area contributed by atoms with E-state index in [-0.39, 0.29) is 12.5 Å². The smallest absolute Gasteiger partial charge is 0.220 e. The van der Waals surface area contributed by atoms with Gasteiger partial charge in [-0.1, -0.05) is 328 Å². The van der Waals surface area contributed by atoms with Gasteiger partial charge in [0.05, 0.1) is 18.8 Å². The number of unbranched alkanes of at least 4 members (excludes halogenated alkanes) is 48. The molecule has 2 unspecified atom stereocenters. The third kappa shape index (κ3) is 52.0. The van der Waals surface area contributed by atoms with Gasteiger partial charge in [0, 0.05) is 6.42 Å². The maximum atomic E-state index is 12.4. The molecule has 4 nitrogen and oxygen atoms in total. The topological polar surface area (TPSA) is 69.6 Å². The van der Waals surface area contributed by atoms with E-state index in [1.807, 2.05) is 6.08 Å². The Balaban J connectivity index is 3.29. The van der Waals surface area contributed by atoms with Crippen molar-refractivity contribution in [1.82, 2.24) is 5.32 Å². The van der Waals surface area contributed by atoms with Gasteiger partial charge in [-0.25, -0.2) is 0 Å². The van der Waals surface area contributed by atoms with Crippen molar-refractivity contribution in [2.45, 2.75) is 353 Å². The maximum absolute atomic E-state index is 12.4.